The van der Waals surface area contributed by atoms with Crippen LogP contribution in [0.25, 0.3) is 0 Å². The third-order valence-electron chi connectivity index (χ3n) is 1.93. The Morgan fingerprint density at radius 1 is 1.27 bits per heavy atom. The van der Waals surface area contributed by atoms with Gasteiger partial charge in [0.25, 0.3) is 0 Å². The first-order valence-corrected chi connectivity index (χ1v) is 3.94. The first kappa shape index (κ1) is 8.28. The van der Waals surface area contributed by atoms with Crippen LogP contribution >= 0.6 is 0 Å². The van der Waals surface area contributed by atoms with Crippen molar-refractivity contribution in [3.05, 3.63) is 34.9 Å². The minimum Gasteiger partial charge on any atom is -0.324 e. The Hall–Kier alpha value is -0.820. The van der Waals surface area contributed by atoms with E-state index in [1.54, 1.807) is 0 Å². The second kappa shape index (κ2) is 3.05. The number of hydrogen-bond acceptors (Lipinski definition) is 1. The highest BCUT2D eigenvalue weighted by atomic mass is 14.6. The molecule has 0 amide bonds. The molecule has 0 bridgehead atoms. The van der Waals surface area contributed by atoms with Crippen molar-refractivity contribution >= 4 is 0 Å². The highest BCUT2D eigenvalue weighted by Gasteiger charge is 2.02. The zero-order valence-electron chi connectivity index (χ0n) is 7.39. The van der Waals surface area contributed by atoms with Gasteiger partial charge in [0.15, 0.2) is 0 Å². The van der Waals surface area contributed by atoms with Crippen LogP contribution in [0.3, 0.4) is 0 Å². The summed E-state index contributed by atoms with van der Waals surface area (Å²) >= 11 is 0. The van der Waals surface area contributed by atoms with E-state index < -0.39 is 0 Å². The summed E-state index contributed by atoms with van der Waals surface area (Å²) in [6.45, 7) is 6.20. The molecule has 60 valence electrons. The fourth-order valence-electron chi connectivity index (χ4n) is 1.25. The average Bonchev–Trinajstić information content (AvgIpc) is 1.94. The summed E-state index contributed by atoms with van der Waals surface area (Å²) in [5.74, 6) is 0. The van der Waals surface area contributed by atoms with Crippen LogP contribution in [0.15, 0.2) is 18.2 Å². The molecule has 1 heteroatoms. The molecule has 0 aliphatic rings. The predicted octanol–water partition coefficient (Wildman–Crippen LogP) is 2.32. The van der Waals surface area contributed by atoms with Crippen LogP contribution < -0.4 is 5.73 Å². The van der Waals surface area contributed by atoms with Gasteiger partial charge in [-0.05, 0) is 31.9 Å². The highest BCUT2D eigenvalue weighted by Crippen LogP contribution is 2.16. The number of hydrogen-bond donors (Lipinski definition) is 1. The lowest BCUT2D eigenvalue weighted by Gasteiger charge is -2.09. The molecule has 0 aliphatic carbocycles. The first-order chi connectivity index (χ1) is 5.11. The highest BCUT2D eigenvalue weighted by molar-refractivity contribution is 5.32. The second-order valence-corrected chi connectivity index (χ2v) is 3.15. The van der Waals surface area contributed by atoms with Crippen molar-refractivity contribution in [2.24, 2.45) is 5.73 Å². The summed E-state index contributed by atoms with van der Waals surface area (Å²) in [5, 5.41) is 0. The normalized spacial score (nSPS) is 13.1. The van der Waals surface area contributed by atoms with Crippen molar-refractivity contribution in [2.75, 3.05) is 0 Å². The molecule has 1 nitrogen and oxygen atoms in total. The van der Waals surface area contributed by atoms with E-state index in [1.165, 1.54) is 16.7 Å². The van der Waals surface area contributed by atoms with Gasteiger partial charge in [-0.3, -0.25) is 0 Å². The molecule has 1 aromatic rings. The van der Waals surface area contributed by atoms with Gasteiger partial charge in [-0.25, -0.2) is 0 Å². The van der Waals surface area contributed by atoms with E-state index >= 15 is 0 Å². The molecule has 0 spiro atoms. The molecule has 0 saturated carbocycles. The van der Waals surface area contributed by atoms with E-state index in [0.29, 0.717) is 0 Å². The second-order valence-electron chi connectivity index (χ2n) is 3.15. The van der Waals surface area contributed by atoms with Crippen LogP contribution in [0, 0.1) is 13.8 Å². The van der Waals surface area contributed by atoms with E-state index in [-0.39, 0.29) is 6.04 Å². The maximum Gasteiger partial charge on any atom is 0.0268 e. The average molecular weight is 149 g/mol. The first-order valence-electron chi connectivity index (χ1n) is 3.94. The van der Waals surface area contributed by atoms with Crippen LogP contribution in [-0.4, -0.2) is 0 Å². The molecule has 2 N–H and O–H groups in total. The maximum atomic E-state index is 5.78. The monoisotopic (exact) mass is 149 g/mol. The lowest BCUT2D eigenvalue weighted by atomic mass is 10.0. The Bertz CT molecular complexity index is 251. The van der Waals surface area contributed by atoms with Gasteiger partial charge in [0.2, 0.25) is 0 Å². The number of rotatable bonds is 1. The Kier molecular flexibility index (Phi) is 2.30. The standard InChI is InChI=1S/C10H15N/c1-7-4-5-8(2)10(6-7)9(3)11/h4-6,9H,11H2,1-3H3/t9-/m1/s1. The van der Waals surface area contributed by atoms with Gasteiger partial charge in [-0.2, -0.15) is 0 Å². The Morgan fingerprint density at radius 3 is 2.36 bits per heavy atom. The molecule has 0 unspecified atom stereocenters. The van der Waals surface area contributed by atoms with Crippen molar-refractivity contribution in [1.29, 1.82) is 0 Å². The summed E-state index contributed by atoms with van der Waals surface area (Å²) in [6, 6.07) is 6.53. The van der Waals surface area contributed by atoms with Gasteiger partial charge in [0.1, 0.15) is 0 Å². The number of benzene rings is 1. The van der Waals surface area contributed by atoms with Crippen LogP contribution in [0.1, 0.15) is 29.7 Å². The van der Waals surface area contributed by atoms with Gasteiger partial charge in [-0.1, -0.05) is 23.8 Å². The lowest BCUT2D eigenvalue weighted by Crippen LogP contribution is -2.06. The van der Waals surface area contributed by atoms with Crippen molar-refractivity contribution in [1.82, 2.24) is 0 Å². The van der Waals surface area contributed by atoms with E-state index in [4.69, 9.17) is 5.73 Å². The summed E-state index contributed by atoms with van der Waals surface area (Å²) in [5.41, 5.74) is 9.60. The van der Waals surface area contributed by atoms with Crippen molar-refractivity contribution in [2.45, 2.75) is 26.8 Å². The molecule has 0 saturated heterocycles. The molecule has 0 heterocycles. The number of aryl methyl sites for hydroxylation is 2. The number of nitrogens with two attached hydrogens (primary N) is 1. The van der Waals surface area contributed by atoms with Crippen molar-refractivity contribution in [3.8, 4) is 0 Å². The van der Waals surface area contributed by atoms with Crippen LogP contribution in [0.4, 0.5) is 0 Å². The third-order valence-corrected chi connectivity index (χ3v) is 1.93. The van der Waals surface area contributed by atoms with Crippen molar-refractivity contribution < 1.29 is 0 Å². The molecule has 1 rings (SSSR count). The molecule has 1 atom stereocenters. The van der Waals surface area contributed by atoms with Crippen LogP contribution in [0.2, 0.25) is 0 Å². The molecule has 0 aromatic heterocycles. The zero-order chi connectivity index (χ0) is 8.43. The zero-order valence-corrected chi connectivity index (χ0v) is 7.39. The fraction of sp³-hybridized carbons (Fsp3) is 0.400. The van der Waals surface area contributed by atoms with E-state index in [2.05, 4.69) is 32.0 Å². The Morgan fingerprint density at radius 2 is 1.91 bits per heavy atom. The molecule has 11 heavy (non-hydrogen) atoms. The quantitative estimate of drug-likeness (QED) is 0.651. The summed E-state index contributed by atoms with van der Waals surface area (Å²) in [7, 11) is 0. The predicted molar refractivity (Wildman–Crippen MR) is 48.5 cm³/mol. The summed E-state index contributed by atoms with van der Waals surface area (Å²) in [4.78, 5) is 0. The largest absolute Gasteiger partial charge is 0.324 e. The van der Waals surface area contributed by atoms with Gasteiger partial charge >= 0.3 is 0 Å². The van der Waals surface area contributed by atoms with Gasteiger partial charge < -0.3 is 5.73 Å². The Labute approximate surface area is 68.2 Å². The molecule has 0 fully saturated rings. The molecule has 1 aromatic carbocycles. The molecular weight excluding hydrogens is 134 g/mol. The van der Waals surface area contributed by atoms with Crippen LogP contribution in [-0.2, 0) is 0 Å². The summed E-state index contributed by atoms with van der Waals surface area (Å²) < 4.78 is 0. The fourth-order valence-corrected chi connectivity index (χ4v) is 1.25. The minimum absolute atomic E-state index is 0.148. The molecular formula is C10H15N. The molecule has 0 aliphatic heterocycles. The minimum atomic E-state index is 0.148. The SMILES string of the molecule is Cc1ccc(C)c([C@@H](C)N)c1. The molecule has 0 radical (unpaired) electrons. The van der Waals surface area contributed by atoms with E-state index in [9.17, 15) is 0 Å². The van der Waals surface area contributed by atoms with Gasteiger partial charge in [0.05, 0.1) is 0 Å². The maximum absolute atomic E-state index is 5.78. The smallest absolute Gasteiger partial charge is 0.0268 e. The van der Waals surface area contributed by atoms with E-state index in [0.717, 1.165) is 0 Å². The van der Waals surface area contributed by atoms with E-state index in [1.807, 2.05) is 6.92 Å². The van der Waals surface area contributed by atoms with Gasteiger partial charge in [0, 0.05) is 6.04 Å². The van der Waals surface area contributed by atoms with Crippen LogP contribution in [0.5, 0.6) is 0 Å². The Balaban J connectivity index is 3.13. The summed E-state index contributed by atoms with van der Waals surface area (Å²) in [6.07, 6.45) is 0. The van der Waals surface area contributed by atoms with Crippen molar-refractivity contribution in [3.63, 3.8) is 0 Å². The topological polar surface area (TPSA) is 26.0 Å². The third kappa shape index (κ3) is 1.81. The van der Waals surface area contributed by atoms with Gasteiger partial charge in [-0.15, -0.1) is 0 Å². The lowest BCUT2D eigenvalue weighted by molar-refractivity contribution is 0.808.